The van der Waals surface area contributed by atoms with Gasteiger partial charge < -0.3 is 15.2 Å². The fraction of sp³-hybridized carbons (Fsp3) is 0.333. The SMILES string of the molecule is Cc1noc([C@@H](C)NC(=O)CCC(=O)Nc2ccccc2)n1. The fourth-order valence-corrected chi connectivity index (χ4v) is 1.84. The van der Waals surface area contributed by atoms with E-state index < -0.39 is 0 Å². The monoisotopic (exact) mass is 302 g/mol. The molecule has 1 aromatic carbocycles. The van der Waals surface area contributed by atoms with Crippen LogP contribution < -0.4 is 10.6 Å². The lowest BCUT2D eigenvalue weighted by molar-refractivity contribution is -0.125. The van der Waals surface area contributed by atoms with Crippen molar-refractivity contribution in [1.29, 1.82) is 0 Å². The van der Waals surface area contributed by atoms with E-state index in [1.807, 2.05) is 18.2 Å². The van der Waals surface area contributed by atoms with E-state index in [2.05, 4.69) is 20.8 Å². The summed E-state index contributed by atoms with van der Waals surface area (Å²) in [6.07, 6.45) is 0.201. The van der Waals surface area contributed by atoms with Crippen LogP contribution in [0.5, 0.6) is 0 Å². The van der Waals surface area contributed by atoms with E-state index in [9.17, 15) is 9.59 Å². The van der Waals surface area contributed by atoms with Crippen molar-refractivity contribution < 1.29 is 14.1 Å². The van der Waals surface area contributed by atoms with Crippen LogP contribution in [0.25, 0.3) is 0 Å². The number of amides is 2. The van der Waals surface area contributed by atoms with Gasteiger partial charge in [0.15, 0.2) is 5.82 Å². The van der Waals surface area contributed by atoms with Crippen LogP contribution in [0.3, 0.4) is 0 Å². The Labute approximate surface area is 128 Å². The largest absolute Gasteiger partial charge is 0.345 e. The molecule has 7 nitrogen and oxygen atoms in total. The minimum absolute atomic E-state index is 0.0934. The third-order valence-corrected chi connectivity index (χ3v) is 2.93. The number of hydrogen-bond acceptors (Lipinski definition) is 5. The highest BCUT2D eigenvalue weighted by Crippen LogP contribution is 2.10. The smallest absolute Gasteiger partial charge is 0.248 e. The topological polar surface area (TPSA) is 97.1 Å². The quantitative estimate of drug-likeness (QED) is 0.850. The first-order valence-electron chi connectivity index (χ1n) is 6.99. The predicted octanol–water partition coefficient (Wildman–Crippen LogP) is 1.97. The Morgan fingerprint density at radius 3 is 2.50 bits per heavy atom. The van der Waals surface area contributed by atoms with E-state index in [-0.39, 0.29) is 30.7 Å². The van der Waals surface area contributed by atoms with Gasteiger partial charge in [0.25, 0.3) is 0 Å². The maximum atomic E-state index is 11.8. The molecule has 1 heterocycles. The van der Waals surface area contributed by atoms with E-state index in [0.717, 1.165) is 0 Å². The van der Waals surface area contributed by atoms with Crippen molar-refractivity contribution in [3.8, 4) is 0 Å². The zero-order chi connectivity index (χ0) is 15.9. The highest BCUT2D eigenvalue weighted by molar-refractivity contribution is 5.93. The second-order valence-corrected chi connectivity index (χ2v) is 4.88. The number of anilines is 1. The Bertz CT molecular complexity index is 639. The van der Waals surface area contributed by atoms with Crippen molar-refractivity contribution in [3.05, 3.63) is 42.0 Å². The number of rotatable bonds is 6. The summed E-state index contributed by atoms with van der Waals surface area (Å²) >= 11 is 0. The van der Waals surface area contributed by atoms with Gasteiger partial charge in [0, 0.05) is 18.5 Å². The predicted molar refractivity (Wildman–Crippen MR) is 79.9 cm³/mol. The Balaban J connectivity index is 1.74. The summed E-state index contributed by atoms with van der Waals surface area (Å²) in [5.41, 5.74) is 0.711. The van der Waals surface area contributed by atoms with E-state index >= 15 is 0 Å². The highest BCUT2D eigenvalue weighted by atomic mass is 16.5. The van der Waals surface area contributed by atoms with Crippen LogP contribution >= 0.6 is 0 Å². The minimum Gasteiger partial charge on any atom is -0.345 e. The molecule has 0 aliphatic heterocycles. The standard InChI is InChI=1S/C15H18N4O3/c1-10(15-17-11(2)19-22-15)16-13(20)8-9-14(21)18-12-6-4-3-5-7-12/h3-7,10H,8-9H2,1-2H3,(H,16,20)(H,18,21)/t10-/m1/s1. The molecule has 2 rings (SSSR count). The molecular formula is C15H18N4O3. The summed E-state index contributed by atoms with van der Waals surface area (Å²) < 4.78 is 4.98. The lowest BCUT2D eigenvalue weighted by Crippen LogP contribution is -2.27. The summed E-state index contributed by atoms with van der Waals surface area (Å²) in [7, 11) is 0. The third kappa shape index (κ3) is 4.69. The minimum atomic E-state index is -0.383. The van der Waals surface area contributed by atoms with Gasteiger partial charge in [0.05, 0.1) is 0 Å². The van der Waals surface area contributed by atoms with Crippen LogP contribution in [0.15, 0.2) is 34.9 Å². The van der Waals surface area contributed by atoms with E-state index in [1.54, 1.807) is 26.0 Å². The van der Waals surface area contributed by atoms with E-state index in [0.29, 0.717) is 17.4 Å². The number of carbonyl (C=O) groups is 2. The molecule has 2 amide bonds. The molecule has 0 radical (unpaired) electrons. The Hall–Kier alpha value is -2.70. The molecule has 0 saturated carbocycles. The summed E-state index contributed by atoms with van der Waals surface area (Å²) in [4.78, 5) is 27.6. The van der Waals surface area contributed by atoms with Crippen LogP contribution in [0.4, 0.5) is 5.69 Å². The average molecular weight is 302 g/mol. The Morgan fingerprint density at radius 1 is 1.18 bits per heavy atom. The maximum Gasteiger partial charge on any atom is 0.248 e. The van der Waals surface area contributed by atoms with Gasteiger partial charge >= 0.3 is 0 Å². The van der Waals surface area contributed by atoms with E-state index in [4.69, 9.17) is 4.52 Å². The summed E-state index contributed by atoms with van der Waals surface area (Å²) in [5, 5.41) is 9.10. The van der Waals surface area contributed by atoms with Gasteiger partial charge in [-0.15, -0.1) is 0 Å². The zero-order valence-corrected chi connectivity index (χ0v) is 12.5. The van der Waals surface area contributed by atoms with Crippen molar-refractivity contribution in [3.63, 3.8) is 0 Å². The highest BCUT2D eigenvalue weighted by Gasteiger charge is 2.16. The van der Waals surface area contributed by atoms with Crippen LogP contribution in [0.1, 0.15) is 37.5 Å². The first-order valence-corrected chi connectivity index (χ1v) is 6.99. The van der Waals surface area contributed by atoms with Crippen LogP contribution in [0, 0.1) is 6.92 Å². The van der Waals surface area contributed by atoms with Crippen molar-refractivity contribution in [1.82, 2.24) is 15.5 Å². The second kappa shape index (κ2) is 7.35. The summed E-state index contributed by atoms with van der Waals surface area (Å²) in [6.45, 7) is 3.45. The van der Waals surface area contributed by atoms with Gasteiger partial charge in [-0.2, -0.15) is 4.98 Å². The van der Waals surface area contributed by atoms with Gasteiger partial charge in [-0.25, -0.2) is 0 Å². The molecule has 116 valence electrons. The average Bonchev–Trinajstić information content (AvgIpc) is 2.93. The number of hydrogen-bond donors (Lipinski definition) is 2. The Kier molecular flexibility index (Phi) is 5.24. The molecule has 1 atom stereocenters. The fourth-order valence-electron chi connectivity index (χ4n) is 1.84. The molecule has 1 aromatic heterocycles. The number of para-hydroxylation sites is 1. The molecule has 7 heteroatoms. The van der Waals surface area contributed by atoms with Gasteiger partial charge in [0.2, 0.25) is 17.7 Å². The van der Waals surface area contributed by atoms with Gasteiger partial charge in [-0.05, 0) is 26.0 Å². The summed E-state index contributed by atoms with van der Waals surface area (Å²) in [6, 6.07) is 8.72. The molecule has 0 fully saturated rings. The molecule has 0 bridgehead atoms. The number of nitrogens with zero attached hydrogens (tertiary/aromatic N) is 2. The molecule has 0 saturated heterocycles. The van der Waals surface area contributed by atoms with Crippen molar-refractivity contribution in [2.75, 3.05) is 5.32 Å². The van der Waals surface area contributed by atoms with Gasteiger partial charge in [-0.3, -0.25) is 9.59 Å². The van der Waals surface area contributed by atoms with Crippen LogP contribution in [-0.2, 0) is 9.59 Å². The zero-order valence-electron chi connectivity index (χ0n) is 12.5. The lowest BCUT2D eigenvalue weighted by atomic mass is 10.2. The molecule has 0 aliphatic rings. The third-order valence-electron chi connectivity index (χ3n) is 2.93. The number of benzene rings is 1. The van der Waals surface area contributed by atoms with Crippen LogP contribution in [0.2, 0.25) is 0 Å². The number of carbonyl (C=O) groups excluding carboxylic acids is 2. The number of aromatic nitrogens is 2. The maximum absolute atomic E-state index is 11.8. The lowest BCUT2D eigenvalue weighted by Gasteiger charge is -2.09. The number of nitrogens with one attached hydrogen (secondary N) is 2. The Morgan fingerprint density at radius 2 is 1.86 bits per heavy atom. The molecule has 2 N–H and O–H groups in total. The van der Waals surface area contributed by atoms with Gasteiger partial charge in [-0.1, -0.05) is 23.4 Å². The molecule has 22 heavy (non-hydrogen) atoms. The van der Waals surface area contributed by atoms with Crippen molar-refractivity contribution >= 4 is 17.5 Å². The molecule has 0 spiro atoms. The first kappa shape index (κ1) is 15.7. The van der Waals surface area contributed by atoms with Crippen LogP contribution in [-0.4, -0.2) is 22.0 Å². The molecular weight excluding hydrogens is 284 g/mol. The van der Waals surface area contributed by atoms with E-state index in [1.165, 1.54) is 0 Å². The summed E-state index contributed by atoms with van der Waals surface area (Å²) in [5.74, 6) is 0.409. The van der Waals surface area contributed by atoms with Gasteiger partial charge in [0.1, 0.15) is 6.04 Å². The first-order chi connectivity index (χ1) is 10.5. The molecule has 2 aromatic rings. The normalized spacial score (nSPS) is 11.7. The van der Waals surface area contributed by atoms with Crippen molar-refractivity contribution in [2.24, 2.45) is 0 Å². The molecule has 0 unspecified atom stereocenters. The number of aryl methyl sites for hydroxylation is 1. The van der Waals surface area contributed by atoms with Crippen molar-refractivity contribution in [2.45, 2.75) is 32.7 Å². The second-order valence-electron chi connectivity index (χ2n) is 4.88. The molecule has 0 aliphatic carbocycles.